The molecule has 112 valence electrons. The summed E-state index contributed by atoms with van der Waals surface area (Å²) in [7, 11) is 0. The minimum atomic E-state index is -0.0846. The molecule has 0 saturated carbocycles. The monoisotopic (exact) mass is 342 g/mol. The highest BCUT2D eigenvalue weighted by Gasteiger charge is 2.06. The fraction of sp³-hybridized carbons (Fsp3) is 0.286. The third-order valence-electron chi connectivity index (χ3n) is 2.70. The van der Waals surface area contributed by atoms with Gasteiger partial charge in [-0.1, -0.05) is 17.7 Å². The zero-order valence-electron chi connectivity index (χ0n) is 11.2. The van der Waals surface area contributed by atoms with Crippen LogP contribution in [0.2, 0.25) is 4.34 Å². The predicted octanol–water partition coefficient (Wildman–Crippen LogP) is 3.29. The molecule has 0 aliphatic rings. The fourth-order valence-electron chi connectivity index (χ4n) is 1.67. The molecule has 2 rings (SSSR count). The SMILES string of the molecule is O=C(CCCNC(=O)c1cccs1)NCc1ccc(Cl)s1. The van der Waals surface area contributed by atoms with Gasteiger partial charge in [0.15, 0.2) is 0 Å². The van der Waals surface area contributed by atoms with Crippen LogP contribution in [0.25, 0.3) is 0 Å². The van der Waals surface area contributed by atoms with Gasteiger partial charge in [-0.15, -0.1) is 22.7 Å². The Kier molecular flexibility index (Phi) is 6.22. The van der Waals surface area contributed by atoms with Crippen LogP contribution < -0.4 is 10.6 Å². The second kappa shape index (κ2) is 8.17. The summed E-state index contributed by atoms with van der Waals surface area (Å²) in [5.74, 6) is -0.108. The Bertz CT molecular complexity index is 596. The number of hydrogen-bond acceptors (Lipinski definition) is 4. The van der Waals surface area contributed by atoms with E-state index in [2.05, 4.69) is 10.6 Å². The van der Waals surface area contributed by atoms with Crippen LogP contribution in [0.15, 0.2) is 29.6 Å². The molecule has 0 aromatic carbocycles. The Labute approximate surface area is 136 Å². The number of nitrogens with one attached hydrogen (secondary N) is 2. The summed E-state index contributed by atoms with van der Waals surface area (Å²) in [6.45, 7) is 0.993. The van der Waals surface area contributed by atoms with Crippen LogP contribution in [0, 0.1) is 0 Å². The van der Waals surface area contributed by atoms with Gasteiger partial charge in [-0.25, -0.2) is 0 Å². The van der Waals surface area contributed by atoms with Gasteiger partial charge in [0.2, 0.25) is 5.91 Å². The number of rotatable bonds is 7. The second-order valence-corrected chi connectivity index (χ2v) is 7.07. The molecule has 2 heterocycles. The molecule has 0 unspecified atom stereocenters. The van der Waals surface area contributed by atoms with Gasteiger partial charge < -0.3 is 10.6 Å². The average Bonchev–Trinajstić information content (AvgIpc) is 3.12. The van der Waals surface area contributed by atoms with Gasteiger partial charge in [0, 0.05) is 17.8 Å². The van der Waals surface area contributed by atoms with Crippen LogP contribution in [0.5, 0.6) is 0 Å². The number of hydrogen-bond donors (Lipinski definition) is 2. The van der Waals surface area contributed by atoms with Crippen LogP contribution in [0.1, 0.15) is 27.4 Å². The maximum absolute atomic E-state index is 11.7. The lowest BCUT2D eigenvalue weighted by molar-refractivity contribution is -0.121. The molecular weight excluding hydrogens is 328 g/mol. The first-order valence-corrected chi connectivity index (χ1v) is 8.55. The minimum Gasteiger partial charge on any atom is -0.351 e. The Morgan fingerprint density at radius 2 is 2.05 bits per heavy atom. The third-order valence-corrected chi connectivity index (χ3v) is 4.80. The standard InChI is InChI=1S/C14H15ClN2O2S2/c15-12-6-5-10(21-12)9-17-13(18)4-1-7-16-14(19)11-3-2-8-20-11/h2-3,5-6,8H,1,4,7,9H2,(H,16,19)(H,17,18). The van der Waals surface area contributed by atoms with Crippen molar-refractivity contribution in [3.05, 3.63) is 43.7 Å². The highest BCUT2D eigenvalue weighted by Crippen LogP contribution is 2.20. The van der Waals surface area contributed by atoms with E-state index in [1.807, 2.05) is 23.6 Å². The summed E-state index contributed by atoms with van der Waals surface area (Å²) in [6, 6.07) is 7.32. The van der Waals surface area contributed by atoms with E-state index >= 15 is 0 Å². The van der Waals surface area contributed by atoms with Gasteiger partial charge in [0.05, 0.1) is 15.8 Å². The molecule has 0 bridgehead atoms. The minimum absolute atomic E-state index is 0.0232. The summed E-state index contributed by atoms with van der Waals surface area (Å²) in [6.07, 6.45) is 1.01. The molecule has 2 aromatic rings. The molecule has 4 nitrogen and oxygen atoms in total. The Hall–Kier alpha value is -1.37. The number of thiophene rings is 2. The van der Waals surface area contributed by atoms with E-state index in [4.69, 9.17) is 11.6 Å². The molecule has 0 radical (unpaired) electrons. The van der Waals surface area contributed by atoms with Gasteiger partial charge in [-0.3, -0.25) is 9.59 Å². The van der Waals surface area contributed by atoms with Crippen LogP contribution in [-0.4, -0.2) is 18.4 Å². The van der Waals surface area contributed by atoms with Crippen molar-refractivity contribution in [2.45, 2.75) is 19.4 Å². The van der Waals surface area contributed by atoms with E-state index in [-0.39, 0.29) is 11.8 Å². The molecule has 2 aromatic heterocycles. The van der Waals surface area contributed by atoms with E-state index in [0.29, 0.717) is 30.8 Å². The van der Waals surface area contributed by atoms with Crippen LogP contribution in [-0.2, 0) is 11.3 Å². The largest absolute Gasteiger partial charge is 0.351 e. The lowest BCUT2D eigenvalue weighted by atomic mass is 10.3. The van der Waals surface area contributed by atoms with E-state index < -0.39 is 0 Å². The third kappa shape index (κ3) is 5.49. The summed E-state index contributed by atoms with van der Waals surface area (Å²) in [4.78, 5) is 25.0. The molecular formula is C14H15ClN2O2S2. The normalized spacial score (nSPS) is 10.3. The smallest absolute Gasteiger partial charge is 0.261 e. The van der Waals surface area contributed by atoms with Gasteiger partial charge in [0.1, 0.15) is 0 Å². The molecule has 0 aliphatic carbocycles. The molecule has 21 heavy (non-hydrogen) atoms. The molecule has 0 saturated heterocycles. The first-order valence-electron chi connectivity index (χ1n) is 6.48. The lowest BCUT2D eigenvalue weighted by Gasteiger charge is -2.05. The summed E-state index contributed by atoms with van der Waals surface area (Å²) in [5, 5.41) is 7.48. The van der Waals surface area contributed by atoms with Gasteiger partial charge in [0.25, 0.3) is 5.91 Å². The van der Waals surface area contributed by atoms with E-state index in [9.17, 15) is 9.59 Å². The van der Waals surface area contributed by atoms with Crippen LogP contribution in [0.3, 0.4) is 0 Å². The van der Waals surface area contributed by atoms with Gasteiger partial charge in [-0.05, 0) is 30.0 Å². The topological polar surface area (TPSA) is 58.2 Å². The zero-order valence-corrected chi connectivity index (χ0v) is 13.6. The number of amides is 2. The van der Waals surface area contributed by atoms with Crippen LogP contribution >= 0.6 is 34.3 Å². The van der Waals surface area contributed by atoms with Crippen molar-refractivity contribution in [2.75, 3.05) is 6.54 Å². The van der Waals surface area contributed by atoms with E-state index in [0.717, 1.165) is 9.21 Å². The number of carbonyl (C=O) groups excluding carboxylic acids is 2. The van der Waals surface area contributed by atoms with Crippen molar-refractivity contribution in [1.29, 1.82) is 0 Å². The van der Waals surface area contributed by atoms with Gasteiger partial charge in [-0.2, -0.15) is 0 Å². The Morgan fingerprint density at radius 3 is 2.71 bits per heavy atom. The summed E-state index contributed by atoms with van der Waals surface area (Å²) in [5.41, 5.74) is 0. The highest BCUT2D eigenvalue weighted by atomic mass is 35.5. The maximum Gasteiger partial charge on any atom is 0.261 e. The quantitative estimate of drug-likeness (QED) is 0.758. The molecule has 0 atom stereocenters. The van der Waals surface area contributed by atoms with Gasteiger partial charge >= 0.3 is 0 Å². The van der Waals surface area contributed by atoms with Crippen molar-refractivity contribution in [3.8, 4) is 0 Å². The van der Waals surface area contributed by atoms with Crippen molar-refractivity contribution in [3.63, 3.8) is 0 Å². The number of carbonyl (C=O) groups is 2. The summed E-state index contributed by atoms with van der Waals surface area (Å²) < 4.78 is 0.718. The molecule has 0 aliphatic heterocycles. The number of halogens is 1. The molecule has 0 fully saturated rings. The Morgan fingerprint density at radius 1 is 1.19 bits per heavy atom. The van der Waals surface area contributed by atoms with E-state index in [1.54, 1.807) is 6.07 Å². The van der Waals surface area contributed by atoms with E-state index in [1.165, 1.54) is 22.7 Å². The first-order chi connectivity index (χ1) is 10.1. The molecule has 7 heteroatoms. The Balaban J connectivity index is 1.58. The fourth-order valence-corrected chi connectivity index (χ4v) is 3.33. The molecule has 2 amide bonds. The van der Waals surface area contributed by atoms with Crippen LogP contribution in [0.4, 0.5) is 0 Å². The predicted molar refractivity (Wildman–Crippen MR) is 87.1 cm³/mol. The van der Waals surface area contributed by atoms with Crippen molar-refractivity contribution in [2.24, 2.45) is 0 Å². The molecule has 2 N–H and O–H groups in total. The van der Waals surface area contributed by atoms with Crippen molar-refractivity contribution >= 4 is 46.1 Å². The maximum atomic E-state index is 11.7. The first kappa shape index (κ1) is 16.0. The highest BCUT2D eigenvalue weighted by molar-refractivity contribution is 7.16. The molecule has 0 spiro atoms. The lowest BCUT2D eigenvalue weighted by Crippen LogP contribution is -2.26. The summed E-state index contributed by atoms with van der Waals surface area (Å²) >= 11 is 8.67. The zero-order chi connectivity index (χ0) is 15.1. The van der Waals surface area contributed by atoms with Crippen molar-refractivity contribution in [1.82, 2.24) is 10.6 Å². The van der Waals surface area contributed by atoms with Crippen molar-refractivity contribution < 1.29 is 9.59 Å². The second-order valence-electron chi connectivity index (χ2n) is 4.32. The average molecular weight is 343 g/mol.